The summed E-state index contributed by atoms with van der Waals surface area (Å²) in [7, 11) is 0. The number of benzene rings is 3. The smallest absolute Gasteiger partial charge is 0.308 e. The van der Waals surface area contributed by atoms with E-state index in [1.165, 1.54) is 29.2 Å². The Kier molecular flexibility index (Phi) is 6.17. The molecule has 1 N–H and O–H groups in total. The first kappa shape index (κ1) is 25.4. The number of rotatable bonds is 3. The summed E-state index contributed by atoms with van der Waals surface area (Å²) in [6, 6.07) is 22.3. The fraction of sp³-hybridized carbons (Fsp3) is 0.133. The van der Waals surface area contributed by atoms with Gasteiger partial charge in [-0.2, -0.15) is 18.3 Å². The number of hydrogen-bond donors (Lipinski definition) is 1. The van der Waals surface area contributed by atoms with Gasteiger partial charge in [-0.05, 0) is 67.1 Å². The number of hydrogen-bond acceptors (Lipinski definition) is 2. The topological polar surface area (TPSA) is 55.1 Å². The lowest BCUT2D eigenvalue weighted by molar-refractivity contribution is -0.137. The van der Waals surface area contributed by atoms with Crippen molar-refractivity contribution in [2.75, 3.05) is 5.32 Å². The van der Waals surface area contributed by atoms with Crippen molar-refractivity contribution in [3.05, 3.63) is 131 Å². The van der Waals surface area contributed by atoms with Gasteiger partial charge >= 0.3 is 12.2 Å². The molecule has 3 aromatic carbocycles. The van der Waals surface area contributed by atoms with Crippen molar-refractivity contribution in [1.29, 1.82) is 0 Å². The molecule has 202 valence electrons. The minimum Gasteiger partial charge on any atom is -0.308 e. The number of fused-ring (bicyclic) bond motifs is 3. The van der Waals surface area contributed by atoms with Crippen molar-refractivity contribution in [2.45, 2.75) is 25.7 Å². The van der Waals surface area contributed by atoms with Gasteiger partial charge in [-0.1, -0.05) is 36.4 Å². The van der Waals surface area contributed by atoms with Gasteiger partial charge in [-0.25, -0.2) is 13.9 Å². The molecule has 0 aliphatic carbocycles. The molecular weight excluding hydrogens is 522 g/mol. The highest BCUT2D eigenvalue weighted by Crippen LogP contribution is 2.39. The number of para-hydroxylation sites is 1. The van der Waals surface area contributed by atoms with Gasteiger partial charge in [0.15, 0.2) is 0 Å². The summed E-state index contributed by atoms with van der Waals surface area (Å²) in [4.78, 5) is 15.4. The van der Waals surface area contributed by atoms with Crippen LogP contribution in [0.15, 0.2) is 97.2 Å². The third-order valence-electron chi connectivity index (χ3n) is 6.97. The predicted octanol–water partition coefficient (Wildman–Crippen LogP) is 7.27. The van der Waals surface area contributed by atoms with Gasteiger partial charge in [-0.15, -0.1) is 0 Å². The van der Waals surface area contributed by atoms with E-state index < -0.39 is 29.6 Å². The van der Waals surface area contributed by atoms with Gasteiger partial charge in [0.25, 0.3) is 0 Å². The lowest BCUT2D eigenvalue weighted by atomic mass is 10.0. The second-order valence-electron chi connectivity index (χ2n) is 9.53. The predicted molar refractivity (Wildman–Crippen MR) is 142 cm³/mol. The molecule has 5 aromatic rings. The summed E-state index contributed by atoms with van der Waals surface area (Å²) in [5.74, 6) is 0.316. The molecule has 0 bridgehead atoms. The molecule has 0 unspecified atom stereocenters. The number of nitrogens with zero attached hydrogens (tertiary/aromatic N) is 4. The Bertz CT molecular complexity index is 1690. The van der Waals surface area contributed by atoms with Crippen LogP contribution in [-0.2, 0) is 12.7 Å². The molecule has 2 aromatic heterocycles. The molecule has 0 radical (unpaired) electrons. The van der Waals surface area contributed by atoms with Crippen LogP contribution in [0.5, 0.6) is 0 Å². The first-order valence-electron chi connectivity index (χ1n) is 12.5. The van der Waals surface area contributed by atoms with Gasteiger partial charge < -0.3 is 14.8 Å². The van der Waals surface area contributed by atoms with Crippen LogP contribution >= 0.6 is 0 Å². The van der Waals surface area contributed by atoms with Crippen molar-refractivity contribution in [3.63, 3.8) is 0 Å². The molecular formula is C30H23F4N5O. The number of aryl methyl sites for hydroxylation is 1. The highest BCUT2D eigenvalue weighted by Gasteiger charge is 2.36. The molecule has 1 atom stereocenters. The van der Waals surface area contributed by atoms with E-state index >= 15 is 0 Å². The number of carbonyl (C=O) groups is 1. The summed E-state index contributed by atoms with van der Waals surface area (Å²) in [5.41, 5.74) is 2.78. The summed E-state index contributed by atoms with van der Waals surface area (Å²) in [6.45, 7) is 1.95. The number of halogens is 4. The maximum Gasteiger partial charge on any atom is 0.416 e. The zero-order chi connectivity index (χ0) is 28.0. The Balaban J connectivity index is 1.50. The fourth-order valence-electron chi connectivity index (χ4n) is 5.11. The van der Waals surface area contributed by atoms with E-state index in [1.807, 2.05) is 64.8 Å². The molecule has 6 rings (SSSR count). The van der Waals surface area contributed by atoms with Gasteiger partial charge in [0.05, 0.1) is 35.2 Å². The number of urea groups is 1. The van der Waals surface area contributed by atoms with Crippen molar-refractivity contribution in [2.24, 2.45) is 0 Å². The summed E-state index contributed by atoms with van der Waals surface area (Å²) >= 11 is 0. The second kappa shape index (κ2) is 9.71. The second-order valence-corrected chi connectivity index (χ2v) is 9.53. The number of nitrogens with one attached hydrogen (secondary N) is 1. The van der Waals surface area contributed by atoms with Crippen LogP contribution in [0.2, 0.25) is 0 Å². The third kappa shape index (κ3) is 4.51. The molecule has 6 nitrogen and oxygen atoms in total. The standard InChI is InChI=1S/C30H23F4N5O/c1-19-25-18-38(29(40)35-23-8-5-7-21(17-23)30(32,33)34)27(20-12-14-22(31)15-13-20)26-11-6-16-37(26)28(25)39(36-19)24-9-3-2-4-10-24/h2-17,27H,18H2,1H3,(H,35,40)/t27-/m1/s1. The van der Waals surface area contributed by atoms with E-state index in [4.69, 9.17) is 5.10 Å². The molecule has 1 aliphatic rings. The van der Waals surface area contributed by atoms with Gasteiger partial charge in [0.1, 0.15) is 11.6 Å². The van der Waals surface area contributed by atoms with Gasteiger partial charge in [-0.3, -0.25) is 0 Å². The van der Waals surface area contributed by atoms with Crippen LogP contribution in [0.3, 0.4) is 0 Å². The first-order valence-corrected chi connectivity index (χ1v) is 12.5. The average molecular weight is 546 g/mol. The number of aromatic nitrogens is 3. The fourth-order valence-corrected chi connectivity index (χ4v) is 5.11. The maximum absolute atomic E-state index is 13.9. The van der Waals surface area contributed by atoms with Crippen LogP contribution in [0.4, 0.5) is 28.0 Å². The van der Waals surface area contributed by atoms with Crippen LogP contribution in [0, 0.1) is 12.7 Å². The zero-order valence-electron chi connectivity index (χ0n) is 21.2. The van der Waals surface area contributed by atoms with Crippen molar-refractivity contribution in [3.8, 4) is 11.5 Å². The molecule has 2 amide bonds. The van der Waals surface area contributed by atoms with Crippen LogP contribution in [-0.4, -0.2) is 25.3 Å². The Morgan fingerprint density at radius 1 is 0.950 bits per heavy atom. The van der Waals surface area contributed by atoms with Crippen LogP contribution < -0.4 is 5.32 Å². The summed E-state index contributed by atoms with van der Waals surface area (Å²) in [5, 5.41) is 7.42. The highest BCUT2D eigenvalue weighted by atomic mass is 19.4. The van der Waals surface area contributed by atoms with E-state index in [2.05, 4.69) is 5.32 Å². The van der Waals surface area contributed by atoms with Gasteiger partial charge in [0.2, 0.25) is 0 Å². The SMILES string of the molecule is Cc1nn(-c2ccccc2)c2c1CN(C(=O)Nc1cccc(C(F)(F)F)c1)[C@H](c1ccc(F)cc1)c1cccn1-2. The minimum atomic E-state index is -4.56. The molecule has 1 aliphatic heterocycles. The van der Waals surface area contributed by atoms with Crippen LogP contribution in [0.25, 0.3) is 11.5 Å². The maximum atomic E-state index is 13.9. The largest absolute Gasteiger partial charge is 0.416 e. The number of alkyl halides is 3. The molecule has 0 fully saturated rings. The van der Waals surface area contributed by atoms with Crippen molar-refractivity contribution >= 4 is 11.7 Å². The van der Waals surface area contributed by atoms with Crippen molar-refractivity contribution < 1.29 is 22.4 Å². The van der Waals surface area contributed by atoms with E-state index in [9.17, 15) is 22.4 Å². The van der Waals surface area contributed by atoms with E-state index in [-0.39, 0.29) is 12.2 Å². The zero-order valence-corrected chi connectivity index (χ0v) is 21.2. The van der Waals surface area contributed by atoms with E-state index in [0.717, 1.165) is 29.2 Å². The minimum absolute atomic E-state index is 0.00855. The summed E-state index contributed by atoms with van der Waals surface area (Å²) in [6.07, 6.45) is -2.68. The average Bonchev–Trinajstić information content (AvgIpc) is 3.50. The number of anilines is 1. The normalized spacial score (nSPS) is 14.8. The Labute approximate surface area is 227 Å². The number of amides is 2. The lowest BCUT2D eigenvalue weighted by Crippen LogP contribution is -2.38. The molecule has 0 spiro atoms. The first-order chi connectivity index (χ1) is 19.2. The van der Waals surface area contributed by atoms with E-state index in [1.54, 1.807) is 12.1 Å². The Morgan fingerprint density at radius 3 is 2.42 bits per heavy atom. The Morgan fingerprint density at radius 2 is 1.70 bits per heavy atom. The molecule has 3 heterocycles. The third-order valence-corrected chi connectivity index (χ3v) is 6.97. The number of carbonyl (C=O) groups excluding carboxylic acids is 1. The Hall–Kier alpha value is -4.86. The van der Waals surface area contributed by atoms with Crippen molar-refractivity contribution in [1.82, 2.24) is 19.2 Å². The molecule has 10 heteroatoms. The molecule has 40 heavy (non-hydrogen) atoms. The monoisotopic (exact) mass is 545 g/mol. The van der Waals surface area contributed by atoms with E-state index in [0.29, 0.717) is 17.0 Å². The lowest BCUT2D eigenvalue weighted by Gasteiger charge is -2.31. The molecule has 0 saturated heterocycles. The quantitative estimate of drug-likeness (QED) is 0.243. The van der Waals surface area contributed by atoms with Crippen LogP contribution in [0.1, 0.15) is 34.1 Å². The highest BCUT2D eigenvalue weighted by molar-refractivity contribution is 5.90. The van der Waals surface area contributed by atoms with Gasteiger partial charge in [0, 0.05) is 17.4 Å². The summed E-state index contributed by atoms with van der Waals surface area (Å²) < 4.78 is 57.7. The molecule has 0 saturated carbocycles.